The fourth-order valence-corrected chi connectivity index (χ4v) is 2.92. The number of ether oxygens (including phenoxy) is 1. The summed E-state index contributed by atoms with van der Waals surface area (Å²) in [6, 6.07) is 25.4. The number of nitrogens with zero attached hydrogens (tertiary/aromatic N) is 2. The summed E-state index contributed by atoms with van der Waals surface area (Å²) in [7, 11) is 0. The van der Waals surface area contributed by atoms with Gasteiger partial charge in [-0.25, -0.2) is 4.79 Å². The number of amides is 1. The fourth-order valence-electron chi connectivity index (χ4n) is 2.92. The first-order chi connectivity index (χ1) is 14.1. The number of hydrogen-bond acceptors (Lipinski definition) is 4. The lowest BCUT2D eigenvalue weighted by atomic mass is 10.1. The maximum absolute atomic E-state index is 13.1. The Balaban J connectivity index is 1.71. The Morgan fingerprint density at radius 1 is 0.897 bits per heavy atom. The molecule has 3 aromatic rings. The van der Waals surface area contributed by atoms with E-state index in [1.54, 1.807) is 42.5 Å². The van der Waals surface area contributed by atoms with Crippen LogP contribution in [0.1, 0.15) is 11.1 Å². The third-order valence-electron chi connectivity index (χ3n) is 4.41. The largest absolute Gasteiger partial charge is 0.422 e. The maximum Gasteiger partial charge on any atom is 0.365 e. The Morgan fingerprint density at radius 3 is 2.17 bits per heavy atom. The number of esters is 1. The van der Waals surface area contributed by atoms with Gasteiger partial charge >= 0.3 is 5.97 Å². The van der Waals surface area contributed by atoms with Gasteiger partial charge in [-0.1, -0.05) is 66.2 Å². The molecule has 0 saturated heterocycles. The predicted molar refractivity (Wildman–Crippen MR) is 113 cm³/mol. The molecule has 1 aliphatic rings. The van der Waals surface area contributed by atoms with E-state index in [9.17, 15) is 9.59 Å². The van der Waals surface area contributed by atoms with Gasteiger partial charge in [-0.15, -0.1) is 0 Å². The average molecular weight is 382 g/mol. The summed E-state index contributed by atoms with van der Waals surface area (Å²) in [6.07, 6.45) is 1.65. The number of anilines is 1. The molecule has 1 aliphatic heterocycles. The zero-order chi connectivity index (χ0) is 20.2. The van der Waals surface area contributed by atoms with Crippen molar-refractivity contribution in [2.45, 2.75) is 6.92 Å². The number of hydrazone groups is 1. The van der Waals surface area contributed by atoms with Gasteiger partial charge in [-0.3, -0.25) is 4.79 Å². The first-order valence-corrected chi connectivity index (χ1v) is 9.16. The Labute approximate surface area is 168 Å². The first kappa shape index (κ1) is 18.4. The van der Waals surface area contributed by atoms with E-state index in [2.05, 4.69) is 5.10 Å². The van der Waals surface area contributed by atoms with Crippen LogP contribution in [0.2, 0.25) is 0 Å². The highest BCUT2D eigenvalue weighted by atomic mass is 16.5. The Morgan fingerprint density at radius 2 is 1.52 bits per heavy atom. The van der Waals surface area contributed by atoms with Gasteiger partial charge in [0.1, 0.15) is 5.75 Å². The standard InChI is InChI=1S/C24H18N2O3/c1-17-12-14-20(15-13-17)29-24(28)22-21(16-18-8-4-2-5-9-18)23(27)26(25-22)19-10-6-3-7-11-19/h2-16H,1H3/b21-16-. The lowest BCUT2D eigenvalue weighted by Gasteiger charge is -2.10. The highest BCUT2D eigenvalue weighted by molar-refractivity contribution is 6.54. The molecule has 0 saturated carbocycles. The molecule has 1 amide bonds. The molecule has 0 aromatic heterocycles. The molecule has 29 heavy (non-hydrogen) atoms. The van der Waals surface area contributed by atoms with E-state index in [1.165, 1.54) is 5.01 Å². The Kier molecular flexibility index (Phi) is 5.03. The van der Waals surface area contributed by atoms with Gasteiger partial charge in [0, 0.05) is 0 Å². The minimum atomic E-state index is -0.678. The molecule has 3 aromatic carbocycles. The normalized spacial score (nSPS) is 14.8. The van der Waals surface area contributed by atoms with Gasteiger partial charge in [-0.05, 0) is 42.8 Å². The third kappa shape index (κ3) is 3.99. The molecule has 0 fully saturated rings. The molecule has 142 valence electrons. The van der Waals surface area contributed by atoms with E-state index < -0.39 is 5.97 Å². The van der Waals surface area contributed by atoms with Crippen molar-refractivity contribution in [2.24, 2.45) is 5.10 Å². The van der Waals surface area contributed by atoms with Crippen LogP contribution in [-0.4, -0.2) is 17.6 Å². The van der Waals surface area contributed by atoms with Crippen molar-refractivity contribution in [1.82, 2.24) is 0 Å². The SMILES string of the molecule is Cc1ccc(OC(=O)C2=NN(c3ccccc3)C(=O)/C2=C\c2ccccc2)cc1. The van der Waals surface area contributed by atoms with Crippen LogP contribution in [0.25, 0.3) is 6.08 Å². The van der Waals surface area contributed by atoms with Gasteiger partial charge in [0.2, 0.25) is 0 Å². The number of para-hydroxylation sites is 1. The van der Waals surface area contributed by atoms with Crippen molar-refractivity contribution in [1.29, 1.82) is 0 Å². The molecule has 5 nitrogen and oxygen atoms in total. The predicted octanol–water partition coefficient (Wildman–Crippen LogP) is 4.39. The molecule has 0 spiro atoms. The van der Waals surface area contributed by atoms with Crippen LogP contribution in [0, 0.1) is 6.92 Å². The number of carbonyl (C=O) groups excluding carboxylic acids is 2. The molecule has 4 rings (SSSR count). The van der Waals surface area contributed by atoms with Crippen molar-refractivity contribution in [2.75, 3.05) is 5.01 Å². The van der Waals surface area contributed by atoms with E-state index >= 15 is 0 Å². The molecule has 0 bridgehead atoms. The fraction of sp³-hybridized carbons (Fsp3) is 0.0417. The van der Waals surface area contributed by atoms with Gasteiger partial charge in [0.15, 0.2) is 5.71 Å². The summed E-state index contributed by atoms with van der Waals surface area (Å²) in [4.78, 5) is 25.9. The quantitative estimate of drug-likeness (QED) is 0.382. The first-order valence-electron chi connectivity index (χ1n) is 9.16. The number of carbonyl (C=O) groups is 2. The Hall–Kier alpha value is -3.99. The van der Waals surface area contributed by atoms with Crippen LogP contribution in [-0.2, 0) is 9.59 Å². The van der Waals surface area contributed by atoms with Crippen molar-refractivity contribution in [3.8, 4) is 5.75 Å². The minimum absolute atomic E-state index is 0.0247. The lowest BCUT2D eigenvalue weighted by molar-refractivity contribution is -0.127. The van der Waals surface area contributed by atoms with Crippen molar-refractivity contribution in [3.63, 3.8) is 0 Å². The second-order valence-corrected chi connectivity index (χ2v) is 6.57. The van der Waals surface area contributed by atoms with Crippen LogP contribution in [0.5, 0.6) is 5.75 Å². The van der Waals surface area contributed by atoms with Crippen LogP contribution < -0.4 is 9.75 Å². The van der Waals surface area contributed by atoms with Crippen LogP contribution in [0.15, 0.2) is 95.6 Å². The van der Waals surface area contributed by atoms with E-state index in [0.29, 0.717) is 11.4 Å². The summed E-state index contributed by atoms with van der Waals surface area (Å²) < 4.78 is 5.46. The van der Waals surface area contributed by atoms with Crippen molar-refractivity contribution in [3.05, 3.63) is 102 Å². The molecular weight excluding hydrogens is 364 g/mol. The van der Waals surface area contributed by atoms with Gasteiger partial charge in [-0.2, -0.15) is 10.1 Å². The van der Waals surface area contributed by atoms with Crippen molar-refractivity contribution >= 4 is 29.4 Å². The Bertz CT molecular complexity index is 1100. The summed E-state index contributed by atoms with van der Waals surface area (Å²) >= 11 is 0. The van der Waals surface area contributed by atoms with Crippen molar-refractivity contribution < 1.29 is 14.3 Å². The average Bonchev–Trinajstić information content (AvgIpc) is 3.07. The van der Waals surface area contributed by atoms with Gasteiger partial charge < -0.3 is 4.74 Å². The highest BCUT2D eigenvalue weighted by Crippen LogP contribution is 2.26. The molecule has 0 atom stereocenters. The lowest BCUT2D eigenvalue weighted by Crippen LogP contribution is -2.24. The highest BCUT2D eigenvalue weighted by Gasteiger charge is 2.36. The van der Waals surface area contributed by atoms with E-state index in [4.69, 9.17) is 4.74 Å². The topological polar surface area (TPSA) is 59.0 Å². The van der Waals surface area contributed by atoms with Gasteiger partial charge in [0.05, 0.1) is 11.3 Å². The summed E-state index contributed by atoms with van der Waals surface area (Å²) in [6.45, 7) is 1.95. The molecule has 5 heteroatoms. The molecule has 0 aliphatic carbocycles. The van der Waals surface area contributed by atoms with Gasteiger partial charge in [0.25, 0.3) is 5.91 Å². The zero-order valence-electron chi connectivity index (χ0n) is 15.8. The van der Waals surface area contributed by atoms with Crippen LogP contribution in [0.3, 0.4) is 0 Å². The van der Waals surface area contributed by atoms with Crippen LogP contribution in [0.4, 0.5) is 5.69 Å². The second kappa shape index (κ2) is 7.94. The number of hydrogen-bond donors (Lipinski definition) is 0. The summed E-state index contributed by atoms with van der Waals surface area (Å²) in [5.41, 5.74) is 2.59. The maximum atomic E-state index is 13.1. The number of aryl methyl sites for hydroxylation is 1. The van der Waals surface area contributed by atoms with E-state index in [-0.39, 0.29) is 17.2 Å². The molecular formula is C24H18N2O3. The smallest absolute Gasteiger partial charge is 0.365 e. The number of rotatable bonds is 4. The number of benzene rings is 3. The molecule has 0 N–H and O–H groups in total. The van der Waals surface area contributed by atoms with E-state index in [0.717, 1.165) is 11.1 Å². The second-order valence-electron chi connectivity index (χ2n) is 6.57. The van der Waals surface area contributed by atoms with Crippen LogP contribution >= 0.6 is 0 Å². The van der Waals surface area contributed by atoms with E-state index in [1.807, 2.05) is 55.5 Å². The molecule has 0 radical (unpaired) electrons. The minimum Gasteiger partial charge on any atom is -0.422 e. The molecule has 0 unspecified atom stereocenters. The summed E-state index contributed by atoms with van der Waals surface area (Å²) in [5.74, 6) is -0.660. The monoisotopic (exact) mass is 382 g/mol. The molecule has 1 heterocycles. The third-order valence-corrected chi connectivity index (χ3v) is 4.41. The zero-order valence-corrected chi connectivity index (χ0v) is 15.8. The summed E-state index contributed by atoms with van der Waals surface area (Å²) in [5, 5.41) is 5.51.